The van der Waals surface area contributed by atoms with Gasteiger partial charge in [0.25, 0.3) is 0 Å². The number of ether oxygens (including phenoxy) is 1. The van der Waals surface area contributed by atoms with Gasteiger partial charge in [0.15, 0.2) is 0 Å². The van der Waals surface area contributed by atoms with Gasteiger partial charge in [0.2, 0.25) is 0 Å². The molecule has 1 aliphatic heterocycles. The fourth-order valence-electron chi connectivity index (χ4n) is 3.03. The van der Waals surface area contributed by atoms with Crippen LogP contribution in [0.4, 0.5) is 4.39 Å². The quantitative estimate of drug-likeness (QED) is 0.865. The third-order valence-corrected chi connectivity index (χ3v) is 3.93. The zero-order valence-electron chi connectivity index (χ0n) is 13.1. The minimum absolute atomic E-state index is 0.200. The molecule has 2 aromatic rings. The summed E-state index contributed by atoms with van der Waals surface area (Å²) in [4.78, 5) is 8.87. The molecule has 0 radical (unpaired) electrons. The molecule has 1 aliphatic rings. The Morgan fingerprint density at radius 1 is 1.41 bits per heavy atom. The maximum Gasteiger partial charge on any atom is 0.124 e. The summed E-state index contributed by atoms with van der Waals surface area (Å²) in [6, 6.07) is 6.89. The number of rotatable bonds is 4. The van der Waals surface area contributed by atoms with Gasteiger partial charge >= 0.3 is 0 Å². The lowest BCUT2D eigenvalue weighted by molar-refractivity contribution is -0.0405. The van der Waals surface area contributed by atoms with Crippen molar-refractivity contribution in [2.45, 2.75) is 12.6 Å². The van der Waals surface area contributed by atoms with E-state index < -0.39 is 0 Å². The van der Waals surface area contributed by atoms with Crippen molar-refractivity contribution in [3.8, 4) is 0 Å². The summed E-state index contributed by atoms with van der Waals surface area (Å²) in [6.45, 7) is 4.06. The molecule has 0 N–H and O–H groups in total. The molecule has 0 bridgehead atoms. The maximum atomic E-state index is 13.8. The van der Waals surface area contributed by atoms with E-state index in [1.807, 2.05) is 26.2 Å². The highest BCUT2D eigenvalue weighted by Crippen LogP contribution is 2.21. The molecule has 0 aliphatic carbocycles. The van der Waals surface area contributed by atoms with Crippen LogP contribution in [0.15, 0.2) is 30.5 Å². The second-order valence-electron chi connectivity index (χ2n) is 6.13. The molecule has 4 nitrogen and oxygen atoms in total. The molecule has 1 atom stereocenters. The van der Waals surface area contributed by atoms with Gasteiger partial charge in [0.1, 0.15) is 5.82 Å². The van der Waals surface area contributed by atoms with Crippen molar-refractivity contribution >= 4 is 10.9 Å². The zero-order valence-corrected chi connectivity index (χ0v) is 13.1. The van der Waals surface area contributed by atoms with Crippen LogP contribution in [-0.4, -0.2) is 61.2 Å². The van der Waals surface area contributed by atoms with Crippen molar-refractivity contribution in [1.29, 1.82) is 0 Å². The van der Waals surface area contributed by atoms with Crippen LogP contribution >= 0.6 is 0 Å². The Bertz CT molecular complexity index is 647. The Kier molecular flexibility index (Phi) is 4.66. The zero-order chi connectivity index (χ0) is 15.5. The van der Waals surface area contributed by atoms with E-state index in [1.165, 1.54) is 0 Å². The predicted molar refractivity (Wildman–Crippen MR) is 85.3 cm³/mol. The number of benzene rings is 1. The summed E-state index contributed by atoms with van der Waals surface area (Å²) >= 11 is 0. The average molecular weight is 303 g/mol. The molecule has 118 valence electrons. The first kappa shape index (κ1) is 15.3. The van der Waals surface area contributed by atoms with E-state index in [-0.39, 0.29) is 11.9 Å². The topological polar surface area (TPSA) is 28.6 Å². The Hall–Kier alpha value is -1.56. The van der Waals surface area contributed by atoms with E-state index in [2.05, 4.69) is 14.8 Å². The van der Waals surface area contributed by atoms with E-state index in [9.17, 15) is 4.39 Å². The fourth-order valence-corrected chi connectivity index (χ4v) is 3.03. The molecular weight excluding hydrogens is 281 g/mol. The number of hydrogen-bond acceptors (Lipinski definition) is 4. The second-order valence-corrected chi connectivity index (χ2v) is 6.13. The van der Waals surface area contributed by atoms with Crippen LogP contribution in [0.5, 0.6) is 0 Å². The molecular formula is C17H22FN3O. The first-order valence-corrected chi connectivity index (χ1v) is 7.63. The number of morpholine rings is 1. The molecule has 1 saturated heterocycles. The van der Waals surface area contributed by atoms with Crippen molar-refractivity contribution < 1.29 is 9.13 Å². The standard InChI is InChI=1S/C17H22FN3O/c1-20(2)11-16-12-21(6-7-22-16)10-14-9-15(18)8-13-4-3-5-19-17(13)14/h3-5,8-9,16H,6-7,10-12H2,1-2H3. The van der Waals surface area contributed by atoms with Crippen LogP contribution in [-0.2, 0) is 11.3 Å². The molecule has 1 aromatic carbocycles. The predicted octanol–water partition coefficient (Wildman–Crippen LogP) is 2.14. The highest BCUT2D eigenvalue weighted by molar-refractivity contribution is 5.81. The molecule has 1 unspecified atom stereocenters. The first-order valence-electron chi connectivity index (χ1n) is 7.63. The third-order valence-electron chi connectivity index (χ3n) is 3.93. The van der Waals surface area contributed by atoms with Crippen molar-refractivity contribution in [3.05, 3.63) is 41.8 Å². The highest BCUT2D eigenvalue weighted by atomic mass is 19.1. The number of fused-ring (bicyclic) bond motifs is 1. The second kappa shape index (κ2) is 6.69. The van der Waals surface area contributed by atoms with Gasteiger partial charge in [0.05, 0.1) is 18.2 Å². The van der Waals surface area contributed by atoms with Crippen LogP contribution in [0, 0.1) is 5.82 Å². The monoisotopic (exact) mass is 303 g/mol. The summed E-state index contributed by atoms with van der Waals surface area (Å²) in [5, 5.41) is 0.857. The normalized spacial score (nSPS) is 19.9. The van der Waals surface area contributed by atoms with Gasteiger partial charge < -0.3 is 9.64 Å². The molecule has 5 heteroatoms. The molecule has 0 amide bonds. The third kappa shape index (κ3) is 3.61. The minimum Gasteiger partial charge on any atom is -0.374 e. The van der Waals surface area contributed by atoms with E-state index >= 15 is 0 Å². The van der Waals surface area contributed by atoms with Crippen LogP contribution in [0.25, 0.3) is 10.9 Å². The maximum absolute atomic E-state index is 13.8. The van der Waals surface area contributed by atoms with E-state index in [4.69, 9.17) is 4.74 Å². The first-order chi connectivity index (χ1) is 10.6. The Morgan fingerprint density at radius 2 is 2.27 bits per heavy atom. The van der Waals surface area contributed by atoms with Crippen molar-refractivity contribution in [1.82, 2.24) is 14.8 Å². The molecule has 3 rings (SSSR count). The molecule has 0 saturated carbocycles. The fraction of sp³-hybridized carbons (Fsp3) is 0.471. The molecule has 2 heterocycles. The number of pyridine rings is 1. The van der Waals surface area contributed by atoms with Crippen LogP contribution in [0.2, 0.25) is 0 Å². The number of nitrogens with zero attached hydrogens (tertiary/aromatic N) is 3. The molecule has 22 heavy (non-hydrogen) atoms. The van der Waals surface area contributed by atoms with Gasteiger partial charge in [-0.3, -0.25) is 9.88 Å². The van der Waals surface area contributed by atoms with Gasteiger partial charge in [-0.1, -0.05) is 6.07 Å². The Morgan fingerprint density at radius 3 is 3.09 bits per heavy atom. The highest BCUT2D eigenvalue weighted by Gasteiger charge is 2.21. The van der Waals surface area contributed by atoms with E-state index in [0.29, 0.717) is 6.54 Å². The van der Waals surface area contributed by atoms with Gasteiger partial charge in [-0.2, -0.15) is 0 Å². The summed E-state index contributed by atoms with van der Waals surface area (Å²) < 4.78 is 19.6. The van der Waals surface area contributed by atoms with Crippen molar-refractivity contribution in [2.24, 2.45) is 0 Å². The lowest BCUT2D eigenvalue weighted by Crippen LogP contribution is -2.46. The van der Waals surface area contributed by atoms with Gasteiger partial charge in [-0.15, -0.1) is 0 Å². The summed E-state index contributed by atoms with van der Waals surface area (Å²) in [5.74, 6) is -0.200. The van der Waals surface area contributed by atoms with Crippen molar-refractivity contribution in [2.75, 3.05) is 40.3 Å². The minimum atomic E-state index is -0.200. The van der Waals surface area contributed by atoms with Crippen LogP contribution in [0.3, 0.4) is 0 Å². The number of aromatic nitrogens is 1. The SMILES string of the molecule is CN(C)CC1CN(Cc2cc(F)cc3cccnc23)CCO1. The lowest BCUT2D eigenvalue weighted by atomic mass is 10.1. The molecule has 0 spiro atoms. The largest absolute Gasteiger partial charge is 0.374 e. The average Bonchev–Trinajstić information content (AvgIpc) is 2.46. The van der Waals surface area contributed by atoms with Crippen LogP contribution in [0.1, 0.15) is 5.56 Å². The van der Waals surface area contributed by atoms with Crippen LogP contribution < -0.4 is 0 Å². The number of hydrogen-bond donors (Lipinski definition) is 0. The van der Waals surface area contributed by atoms with Crippen molar-refractivity contribution in [3.63, 3.8) is 0 Å². The van der Waals surface area contributed by atoms with Gasteiger partial charge in [-0.05, 0) is 37.9 Å². The number of halogens is 1. The summed E-state index contributed by atoms with van der Waals surface area (Å²) in [5.41, 5.74) is 1.83. The Labute approximate surface area is 130 Å². The summed E-state index contributed by atoms with van der Waals surface area (Å²) in [6.07, 6.45) is 1.97. The van der Waals surface area contributed by atoms with Gasteiger partial charge in [0, 0.05) is 37.8 Å². The van der Waals surface area contributed by atoms with E-state index in [0.717, 1.165) is 42.7 Å². The Balaban J connectivity index is 1.78. The van der Waals surface area contributed by atoms with E-state index in [1.54, 1.807) is 18.3 Å². The lowest BCUT2D eigenvalue weighted by Gasteiger charge is -2.34. The smallest absolute Gasteiger partial charge is 0.124 e. The summed E-state index contributed by atoms with van der Waals surface area (Å²) in [7, 11) is 4.10. The molecule has 1 fully saturated rings. The molecule has 1 aromatic heterocycles. The van der Waals surface area contributed by atoms with Gasteiger partial charge in [-0.25, -0.2) is 4.39 Å². The number of likely N-dealkylation sites (N-methyl/N-ethyl adjacent to an activating group) is 1.